The largest absolute Gasteiger partial charge is 0.137 e. The van der Waals surface area contributed by atoms with Gasteiger partial charge < -0.3 is 0 Å². The summed E-state index contributed by atoms with van der Waals surface area (Å²) in [5, 5.41) is 0. The van der Waals surface area contributed by atoms with E-state index < -0.39 is 0 Å². The predicted octanol–water partition coefficient (Wildman–Crippen LogP) is 2.93. The summed E-state index contributed by atoms with van der Waals surface area (Å²) in [6, 6.07) is 0. The molecule has 0 radical (unpaired) electrons. The van der Waals surface area contributed by atoms with E-state index in [0.29, 0.717) is 5.41 Å². The van der Waals surface area contributed by atoms with Crippen LogP contribution < -0.4 is 0 Å². The molecule has 0 heterocycles. The molecule has 0 N–H and O–H groups in total. The van der Waals surface area contributed by atoms with Crippen LogP contribution >= 0.6 is 9.24 Å². The summed E-state index contributed by atoms with van der Waals surface area (Å²) in [6.45, 7) is 9.19. The van der Waals surface area contributed by atoms with Crippen molar-refractivity contribution in [3.63, 3.8) is 0 Å². The first-order valence-corrected chi connectivity index (χ1v) is 4.47. The summed E-state index contributed by atoms with van der Waals surface area (Å²) in [7, 11) is 2.80. The van der Waals surface area contributed by atoms with Gasteiger partial charge in [-0.2, -0.15) is 0 Å². The minimum atomic E-state index is 0.510. The third kappa shape index (κ3) is 6.31. The topological polar surface area (TPSA) is 0 Å². The normalized spacial score (nSPS) is 15.7. The number of hydrogen-bond donors (Lipinski definition) is 0. The first-order valence-electron chi connectivity index (χ1n) is 3.66. The lowest BCUT2D eigenvalue weighted by Gasteiger charge is -2.21. The van der Waals surface area contributed by atoms with Crippen molar-refractivity contribution >= 4 is 9.24 Å². The van der Waals surface area contributed by atoms with Crippen LogP contribution in [0, 0.1) is 11.3 Å². The Morgan fingerprint density at radius 2 is 1.78 bits per heavy atom. The van der Waals surface area contributed by atoms with Gasteiger partial charge in [0.25, 0.3) is 0 Å². The molecule has 0 saturated carbocycles. The van der Waals surface area contributed by atoms with Gasteiger partial charge in [0.15, 0.2) is 0 Å². The Hall–Kier alpha value is 0.430. The van der Waals surface area contributed by atoms with Crippen molar-refractivity contribution in [2.24, 2.45) is 11.3 Å². The second-order valence-corrected chi connectivity index (χ2v) is 4.58. The fourth-order valence-electron chi connectivity index (χ4n) is 1.13. The molecule has 0 fully saturated rings. The van der Waals surface area contributed by atoms with Crippen molar-refractivity contribution in [1.29, 1.82) is 0 Å². The average Bonchev–Trinajstić information content (AvgIpc) is 1.62. The molecule has 0 rings (SSSR count). The SMILES string of the molecule is C[C@@H](CP)CC(C)(C)C. The van der Waals surface area contributed by atoms with E-state index in [-0.39, 0.29) is 0 Å². The van der Waals surface area contributed by atoms with E-state index in [2.05, 4.69) is 36.9 Å². The van der Waals surface area contributed by atoms with Crippen LogP contribution in [0.2, 0.25) is 0 Å². The molecule has 0 nitrogen and oxygen atoms in total. The van der Waals surface area contributed by atoms with Crippen LogP contribution in [-0.2, 0) is 0 Å². The van der Waals surface area contributed by atoms with Crippen molar-refractivity contribution in [3.8, 4) is 0 Å². The predicted molar refractivity (Wildman–Crippen MR) is 47.8 cm³/mol. The molecule has 0 aliphatic rings. The van der Waals surface area contributed by atoms with Gasteiger partial charge in [-0.25, -0.2) is 0 Å². The zero-order valence-electron chi connectivity index (χ0n) is 7.07. The maximum absolute atomic E-state index is 2.80. The van der Waals surface area contributed by atoms with Gasteiger partial charge in [0.05, 0.1) is 0 Å². The third-order valence-corrected chi connectivity index (χ3v) is 2.17. The summed E-state index contributed by atoms with van der Waals surface area (Å²) in [4.78, 5) is 0. The van der Waals surface area contributed by atoms with E-state index in [1.54, 1.807) is 0 Å². The highest BCUT2D eigenvalue weighted by Crippen LogP contribution is 2.24. The standard InChI is InChI=1S/C8H19P/c1-7(6-9)5-8(2,3)4/h7H,5-6,9H2,1-4H3/t7-/m1/s1. The maximum atomic E-state index is 2.80. The number of hydrogen-bond acceptors (Lipinski definition) is 0. The lowest BCUT2D eigenvalue weighted by atomic mass is 9.86. The highest BCUT2D eigenvalue weighted by Gasteiger charge is 2.13. The Bertz CT molecular complexity index is 71.1. The highest BCUT2D eigenvalue weighted by atomic mass is 31.0. The van der Waals surface area contributed by atoms with Gasteiger partial charge in [0, 0.05) is 0 Å². The first-order chi connectivity index (χ1) is 3.95. The Balaban J connectivity index is 3.47. The molecular weight excluding hydrogens is 127 g/mol. The lowest BCUT2D eigenvalue weighted by molar-refractivity contribution is 0.323. The molecule has 0 bridgehead atoms. The Kier molecular flexibility index (Phi) is 3.73. The Morgan fingerprint density at radius 3 is 1.89 bits per heavy atom. The van der Waals surface area contributed by atoms with Crippen molar-refractivity contribution in [3.05, 3.63) is 0 Å². The van der Waals surface area contributed by atoms with E-state index in [4.69, 9.17) is 0 Å². The molecule has 1 unspecified atom stereocenters. The smallest absolute Gasteiger partial charge is 0.0355 e. The summed E-state index contributed by atoms with van der Waals surface area (Å²) in [5.41, 5.74) is 0.510. The molecule has 0 aliphatic carbocycles. The molecule has 0 aromatic carbocycles. The quantitative estimate of drug-likeness (QED) is 0.525. The molecule has 0 aromatic rings. The minimum Gasteiger partial charge on any atom is -0.137 e. The van der Waals surface area contributed by atoms with Gasteiger partial charge in [-0.15, -0.1) is 9.24 Å². The van der Waals surface area contributed by atoms with Gasteiger partial charge >= 0.3 is 0 Å². The summed E-state index contributed by atoms with van der Waals surface area (Å²) in [5.74, 6) is 0.856. The van der Waals surface area contributed by atoms with Gasteiger partial charge in [0.2, 0.25) is 0 Å². The van der Waals surface area contributed by atoms with Crippen molar-refractivity contribution in [2.45, 2.75) is 34.1 Å². The van der Waals surface area contributed by atoms with Gasteiger partial charge in [0.1, 0.15) is 0 Å². The van der Waals surface area contributed by atoms with Crippen LogP contribution in [-0.4, -0.2) is 6.16 Å². The monoisotopic (exact) mass is 146 g/mol. The molecule has 0 spiro atoms. The van der Waals surface area contributed by atoms with E-state index in [1.807, 2.05) is 0 Å². The Labute approximate surface area is 61.6 Å². The average molecular weight is 146 g/mol. The fourth-order valence-corrected chi connectivity index (χ4v) is 1.30. The number of rotatable bonds is 2. The lowest BCUT2D eigenvalue weighted by Crippen LogP contribution is -2.11. The second-order valence-electron chi connectivity index (χ2n) is 4.11. The molecule has 2 atom stereocenters. The van der Waals surface area contributed by atoms with Crippen molar-refractivity contribution in [2.75, 3.05) is 6.16 Å². The molecule has 0 saturated heterocycles. The highest BCUT2D eigenvalue weighted by molar-refractivity contribution is 7.16. The fraction of sp³-hybridized carbons (Fsp3) is 1.00. The maximum Gasteiger partial charge on any atom is -0.0355 e. The zero-order valence-corrected chi connectivity index (χ0v) is 8.22. The van der Waals surface area contributed by atoms with Gasteiger partial charge in [-0.1, -0.05) is 27.7 Å². The van der Waals surface area contributed by atoms with Crippen LogP contribution in [0.1, 0.15) is 34.1 Å². The molecule has 0 aromatic heterocycles. The van der Waals surface area contributed by atoms with Gasteiger partial charge in [-0.05, 0) is 23.9 Å². The van der Waals surface area contributed by atoms with Gasteiger partial charge in [-0.3, -0.25) is 0 Å². The first kappa shape index (κ1) is 9.43. The van der Waals surface area contributed by atoms with Crippen LogP contribution in [0.5, 0.6) is 0 Å². The van der Waals surface area contributed by atoms with Crippen molar-refractivity contribution < 1.29 is 0 Å². The molecule has 0 aliphatic heterocycles. The van der Waals surface area contributed by atoms with Crippen LogP contribution in [0.3, 0.4) is 0 Å². The van der Waals surface area contributed by atoms with Crippen LogP contribution in [0.25, 0.3) is 0 Å². The van der Waals surface area contributed by atoms with E-state index in [9.17, 15) is 0 Å². The second kappa shape index (κ2) is 3.56. The van der Waals surface area contributed by atoms with Crippen LogP contribution in [0.4, 0.5) is 0 Å². The molecule has 1 heteroatoms. The zero-order chi connectivity index (χ0) is 7.49. The summed E-state index contributed by atoms with van der Waals surface area (Å²) >= 11 is 0. The van der Waals surface area contributed by atoms with Crippen molar-refractivity contribution in [1.82, 2.24) is 0 Å². The van der Waals surface area contributed by atoms with E-state index in [0.717, 1.165) is 5.92 Å². The van der Waals surface area contributed by atoms with Crippen LogP contribution in [0.15, 0.2) is 0 Å². The Morgan fingerprint density at radius 1 is 1.33 bits per heavy atom. The van der Waals surface area contributed by atoms with E-state index >= 15 is 0 Å². The molecule has 56 valence electrons. The molecular formula is C8H19P. The van der Waals surface area contributed by atoms with E-state index in [1.165, 1.54) is 12.6 Å². The minimum absolute atomic E-state index is 0.510. The molecule has 0 amide bonds. The summed E-state index contributed by atoms with van der Waals surface area (Å²) < 4.78 is 0. The molecule has 9 heavy (non-hydrogen) atoms. The summed E-state index contributed by atoms with van der Waals surface area (Å²) in [6.07, 6.45) is 2.56. The third-order valence-electron chi connectivity index (χ3n) is 1.36.